The Morgan fingerprint density at radius 3 is 2.23 bits per heavy atom. The van der Waals surface area contributed by atoms with Crippen LogP contribution in [0.2, 0.25) is 0 Å². The van der Waals surface area contributed by atoms with E-state index in [1.807, 2.05) is 13.8 Å². The standard InChI is InChI=1S/C17H20N4O4S/c1-8(2)12-14(26-17(18)19-12)16-20-15(21-25-16)9-6-10(22-3)13(24-5)11(7-9)23-4/h6-8H,1-5H3,(H2,18,19). The molecule has 0 atom stereocenters. The topological polar surface area (TPSA) is 106 Å². The quantitative estimate of drug-likeness (QED) is 0.696. The number of ether oxygens (including phenoxy) is 3. The molecule has 138 valence electrons. The fourth-order valence-electron chi connectivity index (χ4n) is 2.54. The van der Waals surface area contributed by atoms with Gasteiger partial charge in [-0.1, -0.05) is 30.3 Å². The second-order valence-corrected chi connectivity index (χ2v) is 6.79. The maximum absolute atomic E-state index is 5.85. The Labute approximate surface area is 154 Å². The van der Waals surface area contributed by atoms with E-state index in [1.165, 1.54) is 11.3 Å². The fourth-order valence-corrected chi connectivity index (χ4v) is 3.45. The lowest BCUT2D eigenvalue weighted by molar-refractivity contribution is 0.324. The van der Waals surface area contributed by atoms with E-state index in [0.29, 0.717) is 39.7 Å². The Hall–Kier alpha value is -2.81. The van der Waals surface area contributed by atoms with Crippen molar-refractivity contribution in [3.63, 3.8) is 0 Å². The van der Waals surface area contributed by atoms with Crippen LogP contribution in [-0.4, -0.2) is 36.5 Å². The summed E-state index contributed by atoms with van der Waals surface area (Å²) in [5.41, 5.74) is 7.37. The Morgan fingerprint density at radius 1 is 1.04 bits per heavy atom. The van der Waals surface area contributed by atoms with Gasteiger partial charge in [0.05, 0.1) is 27.0 Å². The largest absolute Gasteiger partial charge is 0.493 e. The second-order valence-electron chi connectivity index (χ2n) is 5.76. The van der Waals surface area contributed by atoms with Gasteiger partial charge in [0.15, 0.2) is 16.6 Å². The van der Waals surface area contributed by atoms with Crippen molar-refractivity contribution in [2.24, 2.45) is 0 Å². The zero-order valence-corrected chi connectivity index (χ0v) is 16.0. The van der Waals surface area contributed by atoms with Crippen LogP contribution in [0.3, 0.4) is 0 Å². The van der Waals surface area contributed by atoms with Gasteiger partial charge in [-0.15, -0.1) is 0 Å². The molecule has 0 aliphatic heterocycles. The molecule has 3 aromatic rings. The number of hydrogen-bond donors (Lipinski definition) is 1. The van der Waals surface area contributed by atoms with Crippen LogP contribution in [0, 0.1) is 0 Å². The van der Waals surface area contributed by atoms with Crippen LogP contribution >= 0.6 is 11.3 Å². The average Bonchev–Trinajstić information content (AvgIpc) is 3.26. The maximum Gasteiger partial charge on any atom is 0.270 e. The number of nitrogens with two attached hydrogens (primary N) is 1. The first-order valence-corrected chi connectivity index (χ1v) is 8.70. The molecule has 9 heteroatoms. The van der Waals surface area contributed by atoms with Gasteiger partial charge in [-0.25, -0.2) is 4.98 Å². The number of nitrogen functional groups attached to an aromatic ring is 1. The minimum atomic E-state index is 0.190. The Bertz CT molecular complexity index is 894. The monoisotopic (exact) mass is 376 g/mol. The summed E-state index contributed by atoms with van der Waals surface area (Å²) in [7, 11) is 4.66. The summed E-state index contributed by atoms with van der Waals surface area (Å²) in [5.74, 6) is 2.50. The minimum Gasteiger partial charge on any atom is -0.493 e. The predicted octanol–water partition coefficient (Wildman–Crippen LogP) is 3.59. The first-order valence-electron chi connectivity index (χ1n) is 7.89. The molecule has 0 spiro atoms. The molecule has 0 aliphatic rings. The van der Waals surface area contributed by atoms with Gasteiger partial charge in [-0.3, -0.25) is 0 Å². The van der Waals surface area contributed by atoms with Crippen molar-refractivity contribution >= 4 is 16.5 Å². The second kappa shape index (κ2) is 7.20. The third-order valence-electron chi connectivity index (χ3n) is 3.76. The van der Waals surface area contributed by atoms with Gasteiger partial charge in [-0.05, 0) is 18.1 Å². The predicted molar refractivity (Wildman–Crippen MR) is 99.0 cm³/mol. The lowest BCUT2D eigenvalue weighted by Gasteiger charge is -2.12. The van der Waals surface area contributed by atoms with Crippen LogP contribution in [0.4, 0.5) is 5.13 Å². The van der Waals surface area contributed by atoms with Crippen molar-refractivity contribution in [2.75, 3.05) is 27.1 Å². The highest BCUT2D eigenvalue weighted by Crippen LogP contribution is 2.41. The summed E-state index contributed by atoms with van der Waals surface area (Å²) >= 11 is 1.33. The number of nitrogens with zero attached hydrogens (tertiary/aromatic N) is 3. The maximum atomic E-state index is 5.85. The number of rotatable bonds is 6. The van der Waals surface area contributed by atoms with Crippen molar-refractivity contribution in [3.8, 4) is 39.4 Å². The molecule has 0 bridgehead atoms. The normalized spacial score (nSPS) is 11.0. The molecule has 26 heavy (non-hydrogen) atoms. The summed E-state index contributed by atoms with van der Waals surface area (Å²) < 4.78 is 21.5. The summed E-state index contributed by atoms with van der Waals surface area (Å²) in [6.07, 6.45) is 0. The van der Waals surface area contributed by atoms with E-state index < -0.39 is 0 Å². The van der Waals surface area contributed by atoms with E-state index in [0.717, 1.165) is 10.6 Å². The van der Waals surface area contributed by atoms with Gasteiger partial charge >= 0.3 is 0 Å². The van der Waals surface area contributed by atoms with E-state index in [4.69, 9.17) is 24.5 Å². The molecule has 3 rings (SSSR count). The molecule has 2 heterocycles. The van der Waals surface area contributed by atoms with Gasteiger partial charge in [0, 0.05) is 5.56 Å². The molecule has 2 N–H and O–H groups in total. The highest BCUT2D eigenvalue weighted by Gasteiger charge is 2.22. The lowest BCUT2D eigenvalue weighted by Crippen LogP contribution is -1.96. The summed E-state index contributed by atoms with van der Waals surface area (Å²) in [5, 5.41) is 4.55. The van der Waals surface area contributed by atoms with Crippen molar-refractivity contribution in [2.45, 2.75) is 19.8 Å². The highest BCUT2D eigenvalue weighted by atomic mass is 32.1. The van der Waals surface area contributed by atoms with Gasteiger partial charge in [0.1, 0.15) is 4.88 Å². The number of methoxy groups -OCH3 is 3. The van der Waals surface area contributed by atoms with E-state index >= 15 is 0 Å². The van der Waals surface area contributed by atoms with Crippen molar-refractivity contribution in [1.29, 1.82) is 0 Å². The molecule has 0 aliphatic carbocycles. The third kappa shape index (κ3) is 3.17. The third-order valence-corrected chi connectivity index (χ3v) is 4.65. The van der Waals surface area contributed by atoms with Crippen LogP contribution in [0.1, 0.15) is 25.5 Å². The number of hydrogen-bond acceptors (Lipinski definition) is 9. The van der Waals surface area contributed by atoms with Gasteiger partial charge < -0.3 is 24.5 Å². The fraction of sp³-hybridized carbons (Fsp3) is 0.353. The Kier molecular flexibility index (Phi) is 4.99. The molecule has 8 nitrogen and oxygen atoms in total. The van der Waals surface area contributed by atoms with Crippen LogP contribution in [0.5, 0.6) is 17.2 Å². The van der Waals surface area contributed by atoms with Crippen LogP contribution in [-0.2, 0) is 0 Å². The zero-order valence-electron chi connectivity index (χ0n) is 15.2. The van der Waals surface area contributed by atoms with Gasteiger partial charge in [0.2, 0.25) is 11.6 Å². The summed E-state index contributed by atoms with van der Waals surface area (Å²) in [4.78, 5) is 9.64. The minimum absolute atomic E-state index is 0.190. The zero-order chi connectivity index (χ0) is 18.8. The molecule has 0 saturated heterocycles. The van der Waals surface area contributed by atoms with Crippen molar-refractivity contribution < 1.29 is 18.7 Å². The van der Waals surface area contributed by atoms with E-state index in [9.17, 15) is 0 Å². The molecular weight excluding hydrogens is 356 g/mol. The van der Waals surface area contributed by atoms with Crippen LogP contribution in [0.15, 0.2) is 16.7 Å². The average molecular weight is 376 g/mol. The smallest absolute Gasteiger partial charge is 0.270 e. The lowest BCUT2D eigenvalue weighted by atomic mass is 10.1. The van der Waals surface area contributed by atoms with Crippen molar-refractivity contribution in [3.05, 3.63) is 17.8 Å². The molecule has 2 aromatic heterocycles. The number of thiazole rings is 1. The van der Waals surface area contributed by atoms with E-state index in [1.54, 1.807) is 33.5 Å². The molecule has 0 radical (unpaired) electrons. The first-order chi connectivity index (χ1) is 12.5. The van der Waals surface area contributed by atoms with Crippen LogP contribution in [0.25, 0.3) is 22.2 Å². The highest BCUT2D eigenvalue weighted by molar-refractivity contribution is 7.18. The molecule has 0 unspecified atom stereocenters. The summed E-state index contributed by atoms with van der Waals surface area (Å²) in [6.45, 7) is 4.07. The number of anilines is 1. The van der Waals surface area contributed by atoms with Gasteiger partial charge in [0.25, 0.3) is 5.89 Å². The SMILES string of the molecule is COc1cc(-c2noc(-c3sc(N)nc3C(C)C)n2)cc(OC)c1OC. The molecule has 0 saturated carbocycles. The Balaban J connectivity index is 2.06. The molecular formula is C17H20N4O4S. The first kappa shape index (κ1) is 18.0. The van der Waals surface area contributed by atoms with E-state index in [2.05, 4.69) is 15.1 Å². The number of benzene rings is 1. The summed E-state index contributed by atoms with van der Waals surface area (Å²) in [6, 6.07) is 3.53. The van der Waals surface area contributed by atoms with Gasteiger partial charge in [-0.2, -0.15) is 4.98 Å². The Morgan fingerprint density at radius 2 is 1.69 bits per heavy atom. The van der Waals surface area contributed by atoms with E-state index in [-0.39, 0.29) is 5.92 Å². The molecule has 0 amide bonds. The van der Waals surface area contributed by atoms with Crippen molar-refractivity contribution in [1.82, 2.24) is 15.1 Å². The molecule has 0 fully saturated rings. The van der Waals surface area contributed by atoms with Crippen LogP contribution < -0.4 is 19.9 Å². The number of aromatic nitrogens is 3. The molecule has 1 aromatic carbocycles.